The molecule has 2 N–H and O–H groups in total. The maximum absolute atomic E-state index is 13.0. The molecule has 0 fully saturated rings. The fourth-order valence-corrected chi connectivity index (χ4v) is 2.76. The van der Waals surface area contributed by atoms with E-state index >= 15 is 0 Å². The topological polar surface area (TPSA) is 90.2 Å². The van der Waals surface area contributed by atoms with Crippen LogP contribution in [0.1, 0.15) is 5.56 Å². The summed E-state index contributed by atoms with van der Waals surface area (Å²) in [6, 6.07) is 10.2. The number of hydrogen-bond acceptors (Lipinski definition) is 4. The van der Waals surface area contributed by atoms with Crippen LogP contribution in [0.2, 0.25) is 0 Å². The molecule has 0 saturated heterocycles. The molecule has 7 heteroatoms. The van der Waals surface area contributed by atoms with E-state index in [1.165, 1.54) is 24.3 Å². The first-order chi connectivity index (χ1) is 9.44. The molecule has 0 radical (unpaired) electrons. The molecule has 0 spiro atoms. The van der Waals surface area contributed by atoms with Crippen LogP contribution in [0, 0.1) is 17.1 Å². The van der Waals surface area contributed by atoms with Crippen LogP contribution < -0.4 is 4.72 Å². The highest BCUT2D eigenvalue weighted by atomic mass is 32.2. The second kappa shape index (κ2) is 5.19. The van der Waals surface area contributed by atoms with Gasteiger partial charge in [0.25, 0.3) is 10.0 Å². The third-order valence-corrected chi connectivity index (χ3v) is 3.91. The summed E-state index contributed by atoms with van der Waals surface area (Å²) in [5.41, 5.74) is -0.207. The Bertz CT molecular complexity index is 798. The largest absolute Gasteiger partial charge is 0.507 e. The molecule has 2 aromatic carbocycles. The summed E-state index contributed by atoms with van der Waals surface area (Å²) in [6.45, 7) is 0. The second-order valence-electron chi connectivity index (χ2n) is 3.87. The Balaban J connectivity index is 2.45. The van der Waals surface area contributed by atoms with Crippen molar-refractivity contribution in [2.45, 2.75) is 4.90 Å². The predicted octanol–water partition coefficient (Wildman–Crippen LogP) is 2.20. The van der Waals surface area contributed by atoms with Crippen molar-refractivity contribution in [3.63, 3.8) is 0 Å². The molecule has 0 heterocycles. The highest BCUT2D eigenvalue weighted by molar-refractivity contribution is 7.92. The molecule has 0 aliphatic carbocycles. The number of sulfonamides is 1. The van der Waals surface area contributed by atoms with E-state index in [0.29, 0.717) is 0 Å². The van der Waals surface area contributed by atoms with E-state index in [1.54, 1.807) is 6.07 Å². The van der Waals surface area contributed by atoms with Gasteiger partial charge in [0.1, 0.15) is 22.5 Å². The van der Waals surface area contributed by atoms with Gasteiger partial charge in [-0.2, -0.15) is 5.26 Å². The summed E-state index contributed by atoms with van der Waals surface area (Å²) in [6.07, 6.45) is 0. The van der Waals surface area contributed by atoms with Crippen molar-refractivity contribution in [3.05, 3.63) is 53.8 Å². The Labute approximate surface area is 115 Å². The molecule has 0 aliphatic heterocycles. The van der Waals surface area contributed by atoms with Crippen molar-refractivity contribution >= 4 is 15.7 Å². The van der Waals surface area contributed by atoms with Crippen LogP contribution in [0.5, 0.6) is 5.75 Å². The van der Waals surface area contributed by atoms with Crippen molar-refractivity contribution < 1.29 is 17.9 Å². The minimum atomic E-state index is -4.06. The molecular formula is C13H9FN2O3S. The van der Waals surface area contributed by atoms with Gasteiger partial charge in [-0.15, -0.1) is 0 Å². The number of anilines is 1. The molecule has 5 nitrogen and oxygen atoms in total. The first-order valence-corrected chi connectivity index (χ1v) is 6.93. The van der Waals surface area contributed by atoms with E-state index in [4.69, 9.17) is 5.26 Å². The number of hydrogen-bond donors (Lipinski definition) is 2. The molecule has 0 saturated carbocycles. The summed E-state index contributed by atoms with van der Waals surface area (Å²) in [5, 5.41) is 18.4. The van der Waals surface area contributed by atoms with Crippen LogP contribution in [0.25, 0.3) is 0 Å². The highest BCUT2D eigenvalue weighted by Gasteiger charge is 2.19. The lowest BCUT2D eigenvalue weighted by atomic mass is 10.2. The van der Waals surface area contributed by atoms with E-state index in [2.05, 4.69) is 4.72 Å². The van der Waals surface area contributed by atoms with E-state index < -0.39 is 21.6 Å². The van der Waals surface area contributed by atoms with Crippen molar-refractivity contribution in [2.24, 2.45) is 0 Å². The van der Waals surface area contributed by atoms with Crippen LogP contribution in [0.3, 0.4) is 0 Å². The third kappa shape index (κ3) is 2.70. The number of para-hydroxylation sites is 1. The van der Waals surface area contributed by atoms with E-state index in [1.807, 2.05) is 0 Å². The minimum absolute atomic E-state index is 0.0582. The summed E-state index contributed by atoms with van der Waals surface area (Å²) < 4.78 is 39.3. The Morgan fingerprint density at radius 3 is 2.55 bits per heavy atom. The van der Waals surface area contributed by atoms with E-state index in [9.17, 15) is 17.9 Å². The average molecular weight is 292 g/mol. The fraction of sp³-hybridized carbons (Fsp3) is 0. The molecule has 0 amide bonds. The van der Waals surface area contributed by atoms with Crippen LogP contribution in [-0.4, -0.2) is 13.5 Å². The molecule has 0 atom stereocenters. The van der Waals surface area contributed by atoms with Crippen molar-refractivity contribution in [1.82, 2.24) is 0 Å². The molecular weight excluding hydrogens is 283 g/mol. The Morgan fingerprint density at radius 1 is 1.20 bits per heavy atom. The summed E-state index contributed by atoms with van der Waals surface area (Å²) in [7, 11) is -4.06. The monoisotopic (exact) mass is 292 g/mol. The van der Waals surface area contributed by atoms with Gasteiger partial charge >= 0.3 is 0 Å². The zero-order valence-electron chi connectivity index (χ0n) is 10.0. The van der Waals surface area contributed by atoms with Crippen LogP contribution in [-0.2, 0) is 10.0 Å². The standard InChI is InChI=1S/C13H9FN2O3S/c14-10-5-6-11(9(7-10)8-15)16-20(18,19)13-4-2-1-3-12(13)17/h1-7,16-17H. The molecule has 20 heavy (non-hydrogen) atoms. The second-order valence-corrected chi connectivity index (χ2v) is 5.53. The SMILES string of the molecule is N#Cc1cc(F)ccc1NS(=O)(=O)c1ccccc1O. The third-order valence-electron chi connectivity index (χ3n) is 2.50. The number of nitrogens with one attached hydrogen (secondary N) is 1. The van der Waals surface area contributed by atoms with Crippen molar-refractivity contribution in [1.29, 1.82) is 5.26 Å². The number of aromatic hydroxyl groups is 1. The van der Waals surface area contributed by atoms with Gasteiger partial charge in [-0.1, -0.05) is 12.1 Å². The van der Waals surface area contributed by atoms with Gasteiger partial charge in [0, 0.05) is 0 Å². The molecule has 2 aromatic rings. The van der Waals surface area contributed by atoms with Gasteiger partial charge in [-0.25, -0.2) is 12.8 Å². The smallest absolute Gasteiger partial charge is 0.265 e. The molecule has 0 aromatic heterocycles. The molecule has 0 unspecified atom stereocenters. The number of benzene rings is 2. The van der Waals surface area contributed by atoms with Crippen molar-refractivity contribution in [3.8, 4) is 11.8 Å². The van der Waals surface area contributed by atoms with Gasteiger partial charge in [0.15, 0.2) is 0 Å². The van der Waals surface area contributed by atoms with Gasteiger partial charge in [-0.3, -0.25) is 4.72 Å². The van der Waals surface area contributed by atoms with E-state index in [0.717, 1.165) is 18.2 Å². The summed E-state index contributed by atoms with van der Waals surface area (Å²) in [4.78, 5) is -0.326. The first kappa shape index (κ1) is 13.8. The maximum atomic E-state index is 13.0. The number of phenolic OH excluding ortho intramolecular Hbond substituents is 1. The average Bonchev–Trinajstić information content (AvgIpc) is 2.41. The minimum Gasteiger partial charge on any atom is -0.507 e. The fourth-order valence-electron chi connectivity index (χ4n) is 1.58. The maximum Gasteiger partial charge on any atom is 0.265 e. The lowest BCUT2D eigenvalue weighted by Crippen LogP contribution is -2.14. The Kier molecular flexibility index (Phi) is 3.59. The summed E-state index contributed by atoms with van der Waals surface area (Å²) >= 11 is 0. The summed E-state index contributed by atoms with van der Waals surface area (Å²) in [5.74, 6) is -1.06. The molecule has 2 rings (SSSR count). The predicted molar refractivity (Wildman–Crippen MR) is 70.0 cm³/mol. The van der Waals surface area contributed by atoms with Crippen molar-refractivity contribution in [2.75, 3.05) is 4.72 Å². The first-order valence-electron chi connectivity index (χ1n) is 5.44. The van der Waals surface area contributed by atoms with Crippen LogP contribution in [0.4, 0.5) is 10.1 Å². The number of phenols is 1. The van der Waals surface area contributed by atoms with Crippen LogP contribution in [0.15, 0.2) is 47.4 Å². The quantitative estimate of drug-likeness (QED) is 0.907. The number of nitrogens with zero attached hydrogens (tertiary/aromatic N) is 1. The van der Waals surface area contributed by atoms with Gasteiger partial charge in [0.2, 0.25) is 0 Å². The van der Waals surface area contributed by atoms with Gasteiger partial charge in [0.05, 0.1) is 11.3 Å². The zero-order valence-corrected chi connectivity index (χ0v) is 10.9. The highest BCUT2D eigenvalue weighted by Crippen LogP contribution is 2.25. The Hall–Kier alpha value is -2.59. The molecule has 102 valence electrons. The number of rotatable bonds is 3. The molecule has 0 aliphatic rings. The normalized spacial score (nSPS) is 10.8. The van der Waals surface area contributed by atoms with Crippen LogP contribution >= 0.6 is 0 Å². The lowest BCUT2D eigenvalue weighted by molar-refractivity contribution is 0.459. The van der Waals surface area contributed by atoms with Gasteiger partial charge < -0.3 is 5.11 Å². The number of nitriles is 1. The van der Waals surface area contributed by atoms with E-state index in [-0.39, 0.29) is 16.1 Å². The van der Waals surface area contributed by atoms with Gasteiger partial charge in [-0.05, 0) is 30.3 Å². The number of halogens is 1. The lowest BCUT2D eigenvalue weighted by Gasteiger charge is -2.10. The zero-order chi connectivity index (χ0) is 14.8. The molecule has 0 bridgehead atoms. The Morgan fingerprint density at radius 2 is 1.90 bits per heavy atom.